The van der Waals surface area contributed by atoms with Gasteiger partial charge in [-0.25, -0.2) is 4.98 Å². The van der Waals surface area contributed by atoms with E-state index in [-0.39, 0.29) is 0 Å². The summed E-state index contributed by atoms with van der Waals surface area (Å²) in [5, 5.41) is 8.00. The van der Waals surface area contributed by atoms with Crippen molar-refractivity contribution in [2.75, 3.05) is 19.5 Å². The topological polar surface area (TPSA) is 60.7 Å². The summed E-state index contributed by atoms with van der Waals surface area (Å²) in [5.41, 5.74) is 4.82. The number of ether oxygens (including phenoxy) is 2. The number of nitrogens with zero attached hydrogens (tertiary/aromatic N) is 3. The zero-order chi connectivity index (χ0) is 19.5. The second-order valence-electron chi connectivity index (χ2n) is 6.53. The predicted octanol–water partition coefficient (Wildman–Crippen LogP) is 4.33. The van der Waals surface area contributed by atoms with Crippen molar-refractivity contribution >= 4 is 11.5 Å². The highest BCUT2D eigenvalue weighted by Gasteiger charge is 2.16. The maximum atomic E-state index is 5.62. The Morgan fingerprint density at radius 3 is 2.54 bits per heavy atom. The standard InChI is InChI=1S/C22H22N4O2/c1-15-7-9-17(10-8-15)21-22(28-3)26-20(24-21)12-11-19(25-26)23-14-16-5-4-6-18(13-16)27-2/h4-13H,14H2,1-3H3,(H,23,25). The molecule has 142 valence electrons. The zero-order valence-electron chi connectivity index (χ0n) is 16.1. The van der Waals surface area contributed by atoms with E-state index in [9.17, 15) is 0 Å². The molecule has 2 heterocycles. The van der Waals surface area contributed by atoms with E-state index in [4.69, 9.17) is 14.5 Å². The Labute approximate surface area is 163 Å². The van der Waals surface area contributed by atoms with Gasteiger partial charge in [-0.2, -0.15) is 4.52 Å². The molecule has 0 saturated carbocycles. The van der Waals surface area contributed by atoms with Gasteiger partial charge in [-0.3, -0.25) is 0 Å². The van der Waals surface area contributed by atoms with Crippen LogP contribution in [0.15, 0.2) is 60.7 Å². The third-order valence-electron chi connectivity index (χ3n) is 4.56. The average molecular weight is 374 g/mol. The lowest BCUT2D eigenvalue weighted by Crippen LogP contribution is -2.05. The molecular formula is C22H22N4O2. The monoisotopic (exact) mass is 374 g/mol. The lowest BCUT2D eigenvalue weighted by Gasteiger charge is -2.08. The second kappa shape index (κ2) is 7.60. The van der Waals surface area contributed by atoms with Crippen LogP contribution in [0.1, 0.15) is 11.1 Å². The first-order valence-corrected chi connectivity index (χ1v) is 9.05. The predicted molar refractivity (Wildman–Crippen MR) is 110 cm³/mol. The Kier molecular flexibility index (Phi) is 4.85. The number of aromatic nitrogens is 3. The fraction of sp³-hybridized carbons (Fsp3) is 0.182. The molecule has 0 aliphatic heterocycles. The number of hydrogen-bond acceptors (Lipinski definition) is 5. The van der Waals surface area contributed by atoms with Crippen LogP contribution in [0.3, 0.4) is 0 Å². The van der Waals surface area contributed by atoms with Crippen molar-refractivity contribution in [3.8, 4) is 22.9 Å². The number of aryl methyl sites for hydroxylation is 1. The molecule has 6 nitrogen and oxygen atoms in total. The van der Waals surface area contributed by atoms with Crippen molar-refractivity contribution in [3.05, 3.63) is 71.8 Å². The van der Waals surface area contributed by atoms with Gasteiger partial charge in [0.15, 0.2) is 5.65 Å². The average Bonchev–Trinajstić information content (AvgIpc) is 3.10. The molecular weight excluding hydrogens is 352 g/mol. The van der Waals surface area contributed by atoms with Crippen LogP contribution in [0, 0.1) is 6.92 Å². The molecule has 0 bridgehead atoms. The number of rotatable bonds is 6. The van der Waals surface area contributed by atoms with Crippen LogP contribution < -0.4 is 14.8 Å². The summed E-state index contributed by atoms with van der Waals surface area (Å²) in [7, 11) is 3.30. The van der Waals surface area contributed by atoms with Gasteiger partial charge in [0.05, 0.1) is 14.2 Å². The van der Waals surface area contributed by atoms with Gasteiger partial charge in [-0.1, -0.05) is 42.0 Å². The van der Waals surface area contributed by atoms with Crippen LogP contribution in [0.5, 0.6) is 11.6 Å². The van der Waals surface area contributed by atoms with Gasteiger partial charge < -0.3 is 14.8 Å². The van der Waals surface area contributed by atoms with E-state index in [1.54, 1.807) is 18.7 Å². The third-order valence-corrected chi connectivity index (χ3v) is 4.56. The summed E-state index contributed by atoms with van der Waals surface area (Å²) >= 11 is 0. The Bertz CT molecular complexity index is 1100. The van der Waals surface area contributed by atoms with E-state index in [1.807, 2.05) is 48.5 Å². The number of imidazole rings is 1. The molecule has 0 spiro atoms. The van der Waals surface area contributed by atoms with E-state index in [0.29, 0.717) is 12.4 Å². The molecule has 0 aliphatic rings. The Morgan fingerprint density at radius 1 is 0.964 bits per heavy atom. The lowest BCUT2D eigenvalue weighted by molar-refractivity contribution is 0.389. The summed E-state index contributed by atoms with van der Waals surface area (Å²) in [6.45, 7) is 2.70. The van der Waals surface area contributed by atoms with Crippen molar-refractivity contribution in [3.63, 3.8) is 0 Å². The molecule has 2 aromatic heterocycles. The summed E-state index contributed by atoms with van der Waals surface area (Å²) in [5.74, 6) is 2.19. The second-order valence-corrected chi connectivity index (χ2v) is 6.53. The maximum absolute atomic E-state index is 5.62. The van der Waals surface area contributed by atoms with E-state index < -0.39 is 0 Å². The Morgan fingerprint density at radius 2 is 1.79 bits per heavy atom. The largest absolute Gasteiger partial charge is 0.497 e. The third kappa shape index (κ3) is 3.49. The molecule has 0 radical (unpaired) electrons. The van der Waals surface area contributed by atoms with Crippen molar-refractivity contribution in [1.29, 1.82) is 0 Å². The molecule has 0 aliphatic carbocycles. The summed E-state index contributed by atoms with van der Waals surface area (Å²) in [6, 6.07) is 20.0. The van der Waals surface area contributed by atoms with Gasteiger partial charge >= 0.3 is 0 Å². The first-order chi connectivity index (χ1) is 13.7. The Balaban J connectivity index is 1.63. The fourth-order valence-electron chi connectivity index (χ4n) is 3.07. The van der Waals surface area contributed by atoms with Crippen LogP contribution in [0.2, 0.25) is 0 Å². The maximum Gasteiger partial charge on any atom is 0.243 e. The molecule has 0 amide bonds. The number of hydrogen-bond donors (Lipinski definition) is 1. The minimum absolute atomic E-state index is 0.615. The van der Waals surface area contributed by atoms with Gasteiger partial charge in [0.25, 0.3) is 0 Å². The van der Waals surface area contributed by atoms with E-state index in [2.05, 4.69) is 29.5 Å². The lowest BCUT2D eigenvalue weighted by atomic mass is 10.1. The minimum Gasteiger partial charge on any atom is -0.497 e. The summed E-state index contributed by atoms with van der Waals surface area (Å²) < 4.78 is 12.6. The number of anilines is 1. The van der Waals surface area contributed by atoms with Crippen molar-refractivity contribution in [2.45, 2.75) is 13.5 Å². The number of methoxy groups -OCH3 is 2. The summed E-state index contributed by atoms with van der Waals surface area (Å²) in [6.07, 6.45) is 0. The van der Waals surface area contributed by atoms with E-state index >= 15 is 0 Å². The van der Waals surface area contributed by atoms with E-state index in [0.717, 1.165) is 34.0 Å². The molecule has 6 heteroatoms. The van der Waals surface area contributed by atoms with E-state index in [1.165, 1.54) is 5.56 Å². The highest BCUT2D eigenvalue weighted by Crippen LogP contribution is 2.30. The van der Waals surface area contributed by atoms with Crippen molar-refractivity contribution in [2.24, 2.45) is 0 Å². The van der Waals surface area contributed by atoms with Crippen molar-refractivity contribution < 1.29 is 9.47 Å². The van der Waals surface area contributed by atoms with Crippen LogP contribution >= 0.6 is 0 Å². The SMILES string of the molecule is COc1cccc(CNc2ccc3nc(-c4ccc(C)cc4)c(OC)n3n2)c1. The minimum atomic E-state index is 0.615. The molecule has 0 atom stereocenters. The van der Waals surface area contributed by atoms with Crippen LogP contribution in [-0.4, -0.2) is 28.8 Å². The number of benzene rings is 2. The first-order valence-electron chi connectivity index (χ1n) is 9.05. The highest BCUT2D eigenvalue weighted by atomic mass is 16.5. The van der Waals surface area contributed by atoms with Crippen LogP contribution in [0.25, 0.3) is 16.9 Å². The van der Waals surface area contributed by atoms with Gasteiger partial charge in [0, 0.05) is 12.1 Å². The van der Waals surface area contributed by atoms with Crippen molar-refractivity contribution in [1.82, 2.24) is 14.6 Å². The molecule has 4 rings (SSSR count). The molecule has 0 saturated heterocycles. The van der Waals surface area contributed by atoms with Gasteiger partial charge in [-0.15, -0.1) is 5.10 Å². The number of nitrogens with one attached hydrogen (secondary N) is 1. The molecule has 0 fully saturated rings. The van der Waals surface area contributed by atoms with Gasteiger partial charge in [-0.05, 0) is 36.8 Å². The molecule has 28 heavy (non-hydrogen) atoms. The normalized spacial score (nSPS) is 10.8. The zero-order valence-corrected chi connectivity index (χ0v) is 16.1. The Hall–Kier alpha value is -3.54. The fourth-order valence-corrected chi connectivity index (χ4v) is 3.07. The van der Waals surface area contributed by atoms with Gasteiger partial charge in [0.2, 0.25) is 5.88 Å². The first kappa shape index (κ1) is 17.9. The molecule has 4 aromatic rings. The number of fused-ring (bicyclic) bond motifs is 1. The van der Waals surface area contributed by atoms with Crippen LogP contribution in [0.4, 0.5) is 5.82 Å². The highest BCUT2D eigenvalue weighted by molar-refractivity contribution is 5.69. The molecule has 1 N–H and O–H groups in total. The molecule has 0 unspecified atom stereocenters. The molecule has 2 aromatic carbocycles. The van der Waals surface area contributed by atoms with Gasteiger partial charge in [0.1, 0.15) is 17.3 Å². The quantitative estimate of drug-likeness (QED) is 0.544. The smallest absolute Gasteiger partial charge is 0.243 e. The van der Waals surface area contributed by atoms with Crippen LogP contribution in [-0.2, 0) is 6.54 Å². The summed E-state index contributed by atoms with van der Waals surface area (Å²) in [4.78, 5) is 4.70.